The maximum absolute atomic E-state index is 12.1. The Balaban J connectivity index is 2.05. The van der Waals surface area contributed by atoms with Crippen molar-refractivity contribution < 1.29 is 8.42 Å². The minimum absolute atomic E-state index is 0.111. The van der Waals surface area contributed by atoms with Crippen molar-refractivity contribution in [1.29, 1.82) is 0 Å². The standard InChI is InChI=1S/C13H21N5O2S/c1-11-3-5-12(6-4-11)21(19,20)16-13(14)15-18-9-7-17(2)8-10-18/h3-6H,7-10H2,1-2H3,(H3,14,15,16). The van der Waals surface area contributed by atoms with Gasteiger partial charge in [-0.1, -0.05) is 17.7 Å². The Morgan fingerprint density at radius 2 is 1.76 bits per heavy atom. The van der Waals surface area contributed by atoms with E-state index < -0.39 is 10.0 Å². The van der Waals surface area contributed by atoms with E-state index in [2.05, 4.69) is 14.7 Å². The van der Waals surface area contributed by atoms with Crippen molar-refractivity contribution in [2.75, 3.05) is 33.2 Å². The Morgan fingerprint density at radius 3 is 2.33 bits per heavy atom. The van der Waals surface area contributed by atoms with Gasteiger partial charge in [0.25, 0.3) is 10.0 Å². The van der Waals surface area contributed by atoms with Gasteiger partial charge in [0.1, 0.15) is 0 Å². The van der Waals surface area contributed by atoms with Gasteiger partial charge in [-0.05, 0) is 26.1 Å². The summed E-state index contributed by atoms with van der Waals surface area (Å²) in [7, 11) is -1.74. The van der Waals surface area contributed by atoms with Gasteiger partial charge in [0.2, 0.25) is 5.96 Å². The van der Waals surface area contributed by atoms with Crippen molar-refractivity contribution in [3.8, 4) is 0 Å². The molecule has 1 aromatic rings. The molecule has 8 heteroatoms. The maximum atomic E-state index is 12.1. The maximum Gasteiger partial charge on any atom is 0.285 e. The summed E-state index contributed by atoms with van der Waals surface area (Å²) in [5.41, 5.74) is 9.52. The van der Waals surface area contributed by atoms with Crippen LogP contribution in [-0.4, -0.2) is 57.5 Å². The number of benzene rings is 1. The molecule has 1 heterocycles. The van der Waals surface area contributed by atoms with Crippen LogP contribution in [0.15, 0.2) is 33.6 Å². The monoisotopic (exact) mass is 311 g/mol. The Labute approximate surface area is 125 Å². The molecule has 0 bridgehead atoms. The lowest BCUT2D eigenvalue weighted by atomic mass is 10.2. The molecule has 2 rings (SSSR count). The van der Waals surface area contributed by atoms with Crippen LogP contribution < -0.4 is 11.2 Å². The summed E-state index contributed by atoms with van der Waals surface area (Å²) in [6.07, 6.45) is 0. The minimum Gasteiger partial charge on any atom is -0.368 e. The molecule has 0 unspecified atom stereocenters. The Morgan fingerprint density at radius 1 is 1.19 bits per heavy atom. The predicted octanol–water partition coefficient (Wildman–Crippen LogP) is -0.250. The second kappa shape index (κ2) is 6.42. The Hall–Kier alpha value is -1.64. The molecule has 0 aromatic heterocycles. The normalized spacial score (nSPS) is 18.7. The van der Waals surface area contributed by atoms with Crippen LogP contribution in [0.25, 0.3) is 0 Å². The highest BCUT2D eigenvalue weighted by Gasteiger charge is 2.17. The molecule has 7 nitrogen and oxygen atoms in total. The average Bonchev–Trinajstić information content (AvgIpc) is 2.41. The molecule has 116 valence electrons. The Bertz CT molecular complexity index is 604. The van der Waals surface area contributed by atoms with Gasteiger partial charge in [-0.25, -0.2) is 5.01 Å². The van der Waals surface area contributed by atoms with Crippen molar-refractivity contribution in [3.05, 3.63) is 29.8 Å². The van der Waals surface area contributed by atoms with Gasteiger partial charge in [-0.15, -0.1) is 4.40 Å². The number of sulfonamides is 1. The minimum atomic E-state index is -3.77. The van der Waals surface area contributed by atoms with E-state index in [9.17, 15) is 8.42 Å². The summed E-state index contributed by atoms with van der Waals surface area (Å²) in [4.78, 5) is 2.32. The first-order chi connectivity index (χ1) is 9.87. The van der Waals surface area contributed by atoms with Gasteiger partial charge in [0, 0.05) is 26.2 Å². The third kappa shape index (κ3) is 4.42. The summed E-state index contributed by atoms with van der Waals surface area (Å²) in [5.74, 6) is -0.111. The van der Waals surface area contributed by atoms with Gasteiger partial charge >= 0.3 is 0 Å². The lowest BCUT2D eigenvalue weighted by Gasteiger charge is -2.32. The number of nitrogens with two attached hydrogens (primary N) is 1. The molecule has 1 aliphatic rings. The molecular weight excluding hydrogens is 290 g/mol. The van der Waals surface area contributed by atoms with Crippen molar-refractivity contribution >= 4 is 16.0 Å². The lowest BCUT2D eigenvalue weighted by Crippen LogP contribution is -2.54. The topological polar surface area (TPSA) is 91.0 Å². The molecular formula is C13H21N5O2S. The second-order valence-electron chi connectivity index (χ2n) is 5.17. The van der Waals surface area contributed by atoms with Gasteiger partial charge < -0.3 is 10.6 Å². The number of rotatable bonds is 3. The molecule has 0 radical (unpaired) electrons. The number of guanidine groups is 1. The van der Waals surface area contributed by atoms with Crippen LogP contribution >= 0.6 is 0 Å². The number of likely N-dealkylation sites (N-methyl/N-ethyl adjacent to an activating group) is 1. The zero-order valence-electron chi connectivity index (χ0n) is 12.3. The molecule has 3 N–H and O–H groups in total. The zero-order valence-corrected chi connectivity index (χ0v) is 13.1. The van der Waals surface area contributed by atoms with Crippen molar-refractivity contribution in [2.45, 2.75) is 11.8 Å². The quantitative estimate of drug-likeness (QED) is 0.591. The summed E-state index contributed by atoms with van der Waals surface area (Å²) < 4.78 is 27.8. The molecule has 1 saturated heterocycles. The summed E-state index contributed by atoms with van der Waals surface area (Å²) in [5, 5.41) is 1.86. The van der Waals surface area contributed by atoms with E-state index in [4.69, 9.17) is 5.73 Å². The first kappa shape index (κ1) is 15.7. The number of nitrogens with zero attached hydrogens (tertiary/aromatic N) is 3. The molecule has 0 spiro atoms. The summed E-state index contributed by atoms with van der Waals surface area (Å²) >= 11 is 0. The number of hydrogen-bond donors (Lipinski definition) is 2. The van der Waals surface area contributed by atoms with E-state index >= 15 is 0 Å². The van der Waals surface area contributed by atoms with Crippen molar-refractivity contribution in [2.24, 2.45) is 10.1 Å². The van der Waals surface area contributed by atoms with Gasteiger partial charge in [0.05, 0.1) is 4.90 Å². The lowest BCUT2D eigenvalue weighted by molar-refractivity contribution is 0.130. The Kier molecular flexibility index (Phi) is 4.81. The van der Waals surface area contributed by atoms with Crippen LogP contribution in [0.3, 0.4) is 0 Å². The van der Waals surface area contributed by atoms with Crippen molar-refractivity contribution in [1.82, 2.24) is 15.3 Å². The molecule has 1 fully saturated rings. The SMILES string of the molecule is Cc1ccc(S(=O)(=O)N=C(N)NN2CCN(C)CC2)cc1. The fourth-order valence-corrected chi connectivity index (χ4v) is 2.88. The summed E-state index contributed by atoms with van der Waals surface area (Å²) in [6.45, 7) is 5.20. The van der Waals surface area contributed by atoms with Crippen LogP contribution in [0.2, 0.25) is 0 Å². The highest BCUT2D eigenvalue weighted by atomic mass is 32.2. The molecule has 0 atom stereocenters. The number of aryl methyl sites for hydroxylation is 1. The molecule has 21 heavy (non-hydrogen) atoms. The van der Waals surface area contributed by atoms with E-state index in [1.807, 2.05) is 19.0 Å². The van der Waals surface area contributed by atoms with E-state index in [1.54, 1.807) is 12.1 Å². The highest BCUT2D eigenvalue weighted by molar-refractivity contribution is 7.90. The molecule has 0 saturated carbocycles. The molecule has 1 aliphatic heterocycles. The highest BCUT2D eigenvalue weighted by Crippen LogP contribution is 2.12. The zero-order chi connectivity index (χ0) is 15.5. The largest absolute Gasteiger partial charge is 0.368 e. The molecule has 0 aliphatic carbocycles. The molecule has 1 aromatic carbocycles. The number of piperazine rings is 1. The van der Waals surface area contributed by atoms with Crippen LogP contribution in [0.4, 0.5) is 0 Å². The summed E-state index contributed by atoms with van der Waals surface area (Å²) in [6, 6.07) is 6.51. The van der Waals surface area contributed by atoms with Crippen LogP contribution in [0.1, 0.15) is 5.56 Å². The number of nitrogens with one attached hydrogen (secondary N) is 1. The van der Waals surface area contributed by atoms with Crippen molar-refractivity contribution in [3.63, 3.8) is 0 Å². The number of hydrazine groups is 1. The predicted molar refractivity (Wildman–Crippen MR) is 82.2 cm³/mol. The van der Waals surface area contributed by atoms with E-state index in [1.165, 1.54) is 12.1 Å². The van der Waals surface area contributed by atoms with Gasteiger partial charge in [-0.2, -0.15) is 8.42 Å². The second-order valence-corrected chi connectivity index (χ2v) is 6.77. The first-order valence-electron chi connectivity index (χ1n) is 6.74. The van der Waals surface area contributed by atoms with E-state index in [-0.39, 0.29) is 10.9 Å². The van der Waals surface area contributed by atoms with Gasteiger partial charge in [-0.3, -0.25) is 5.43 Å². The van der Waals surface area contributed by atoms with E-state index in [0.717, 1.165) is 31.7 Å². The van der Waals surface area contributed by atoms with Crippen LogP contribution in [0.5, 0.6) is 0 Å². The van der Waals surface area contributed by atoms with Gasteiger partial charge in [0.15, 0.2) is 0 Å². The fourth-order valence-electron chi connectivity index (χ4n) is 1.99. The first-order valence-corrected chi connectivity index (χ1v) is 8.18. The van der Waals surface area contributed by atoms with E-state index in [0.29, 0.717) is 0 Å². The fraction of sp³-hybridized carbons (Fsp3) is 0.462. The number of hydrogen-bond acceptors (Lipinski definition) is 4. The van der Waals surface area contributed by atoms with Crippen LogP contribution in [0, 0.1) is 6.92 Å². The van der Waals surface area contributed by atoms with Crippen LogP contribution in [-0.2, 0) is 10.0 Å². The smallest absolute Gasteiger partial charge is 0.285 e. The third-order valence-corrected chi connectivity index (χ3v) is 4.62. The average molecular weight is 311 g/mol. The molecule has 0 amide bonds. The third-order valence-electron chi connectivity index (χ3n) is 3.31.